The first-order valence-corrected chi connectivity index (χ1v) is 6.28. The fraction of sp³-hybridized carbons (Fsp3) is 0.286. The molecule has 7 heteroatoms. The van der Waals surface area contributed by atoms with Gasteiger partial charge in [-0.2, -0.15) is 5.10 Å². The molecule has 0 fully saturated rings. The zero-order valence-corrected chi connectivity index (χ0v) is 11.4. The van der Waals surface area contributed by atoms with Crippen molar-refractivity contribution in [2.45, 2.75) is 12.3 Å². The van der Waals surface area contributed by atoms with Crippen molar-refractivity contribution >= 4 is 11.9 Å². The predicted octanol–water partition coefficient (Wildman–Crippen LogP) is 3.16. The third-order valence-corrected chi connectivity index (χ3v) is 3.15. The molecule has 1 amide bonds. The lowest BCUT2D eigenvalue weighted by Gasteiger charge is -2.19. The maximum absolute atomic E-state index is 13.1. The molecule has 1 aromatic carbocycles. The first kappa shape index (κ1) is 15.0. The molecule has 2 rings (SSSR count). The van der Waals surface area contributed by atoms with Crippen molar-refractivity contribution in [1.82, 2.24) is 9.78 Å². The number of rotatable bonds is 5. The summed E-state index contributed by atoms with van der Waals surface area (Å²) in [5.41, 5.74) is -0.651. The van der Waals surface area contributed by atoms with Gasteiger partial charge in [0, 0.05) is 6.07 Å². The number of benzene rings is 1. The van der Waals surface area contributed by atoms with E-state index in [0.29, 0.717) is 5.69 Å². The van der Waals surface area contributed by atoms with Crippen LogP contribution in [0.3, 0.4) is 0 Å². The molecule has 0 atom stereocenters. The molecule has 0 aliphatic rings. The number of halogens is 2. The highest BCUT2D eigenvalue weighted by atomic mass is 19.1. The van der Waals surface area contributed by atoms with Crippen LogP contribution in [0.1, 0.15) is 12.6 Å². The van der Waals surface area contributed by atoms with Crippen LogP contribution in [0.25, 0.3) is 5.69 Å². The summed E-state index contributed by atoms with van der Waals surface area (Å²) in [7, 11) is 0. The van der Waals surface area contributed by atoms with E-state index in [-0.39, 0.29) is 11.5 Å². The summed E-state index contributed by atoms with van der Waals surface area (Å²) in [5, 5.41) is 15.2. The van der Waals surface area contributed by atoms with Crippen LogP contribution in [0.4, 0.5) is 19.4 Å². The molecule has 0 radical (unpaired) electrons. The highest BCUT2D eigenvalue weighted by Crippen LogP contribution is 2.28. The second-order valence-electron chi connectivity index (χ2n) is 4.92. The Labute approximate surface area is 120 Å². The molecule has 0 spiro atoms. The molecule has 1 aromatic heterocycles. The van der Waals surface area contributed by atoms with Crippen LogP contribution in [-0.2, 0) is 5.41 Å². The molecule has 5 nitrogen and oxygen atoms in total. The number of aromatic nitrogens is 2. The van der Waals surface area contributed by atoms with Crippen LogP contribution in [0.15, 0.2) is 36.4 Å². The monoisotopic (exact) mass is 295 g/mol. The molecule has 0 aliphatic heterocycles. The van der Waals surface area contributed by atoms with Gasteiger partial charge in [0.05, 0.1) is 16.8 Å². The molecule has 0 saturated carbocycles. The Morgan fingerprint density at radius 1 is 1.33 bits per heavy atom. The molecule has 21 heavy (non-hydrogen) atoms. The molecule has 2 N–H and O–H groups in total. The van der Waals surface area contributed by atoms with Gasteiger partial charge in [-0.15, -0.1) is 0 Å². The smallest absolute Gasteiger partial charge is 0.410 e. The van der Waals surface area contributed by atoms with Crippen molar-refractivity contribution in [2.75, 3.05) is 18.7 Å². The number of anilines is 1. The first-order valence-electron chi connectivity index (χ1n) is 6.28. The maximum Gasteiger partial charge on any atom is 0.410 e. The molecule has 0 saturated heterocycles. The summed E-state index contributed by atoms with van der Waals surface area (Å²) in [5.74, 6) is 0.136. The van der Waals surface area contributed by atoms with E-state index in [1.54, 1.807) is 30.3 Å². The third kappa shape index (κ3) is 3.01. The minimum absolute atomic E-state index is 0.136. The Kier molecular flexibility index (Phi) is 4.21. The number of hydrogen-bond acceptors (Lipinski definition) is 2. The maximum atomic E-state index is 13.1. The first-order chi connectivity index (χ1) is 10.00. The SMILES string of the molecule is CC(CF)(CF)c1cc(NC(=O)O)n(-c2ccccc2)n1. The Bertz CT molecular complexity index is 624. The van der Waals surface area contributed by atoms with Gasteiger partial charge in [-0.3, -0.25) is 5.32 Å². The van der Waals surface area contributed by atoms with Gasteiger partial charge in [-0.25, -0.2) is 18.3 Å². The van der Waals surface area contributed by atoms with Crippen LogP contribution in [0.5, 0.6) is 0 Å². The van der Waals surface area contributed by atoms with Crippen molar-refractivity contribution in [2.24, 2.45) is 0 Å². The van der Waals surface area contributed by atoms with Crippen LogP contribution >= 0.6 is 0 Å². The van der Waals surface area contributed by atoms with E-state index in [1.807, 2.05) is 0 Å². The number of para-hydroxylation sites is 1. The van der Waals surface area contributed by atoms with Gasteiger partial charge in [-0.1, -0.05) is 18.2 Å². The third-order valence-electron chi connectivity index (χ3n) is 3.15. The van der Waals surface area contributed by atoms with Crippen LogP contribution < -0.4 is 5.32 Å². The standard InChI is InChI=1S/C14H15F2N3O2/c1-14(8-15,9-16)11-7-12(17-13(20)21)19(18-11)10-5-3-2-4-6-10/h2-7,17H,8-9H2,1H3,(H,20,21). The summed E-state index contributed by atoms with van der Waals surface area (Å²) in [6.45, 7) is -0.459. The van der Waals surface area contributed by atoms with E-state index in [9.17, 15) is 13.6 Å². The minimum atomic E-state index is -1.39. The average Bonchev–Trinajstić information content (AvgIpc) is 2.91. The van der Waals surface area contributed by atoms with Gasteiger partial charge in [0.1, 0.15) is 19.2 Å². The largest absolute Gasteiger partial charge is 0.465 e. The molecular weight excluding hydrogens is 280 g/mol. The molecule has 0 unspecified atom stereocenters. The highest BCUT2D eigenvalue weighted by Gasteiger charge is 2.31. The van der Waals surface area contributed by atoms with Gasteiger partial charge < -0.3 is 5.11 Å². The van der Waals surface area contributed by atoms with Crippen molar-refractivity contribution in [1.29, 1.82) is 0 Å². The van der Waals surface area contributed by atoms with Crippen LogP contribution in [-0.4, -0.2) is 34.3 Å². The van der Waals surface area contributed by atoms with E-state index in [0.717, 1.165) is 0 Å². The highest BCUT2D eigenvalue weighted by molar-refractivity contribution is 5.82. The average molecular weight is 295 g/mol. The molecule has 1 heterocycles. The minimum Gasteiger partial charge on any atom is -0.465 e. The summed E-state index contributed by atoms with van der Waals surface area (Å²) in [4.78, 5) is 10.8. The van der Waals surface area contributed by atoms with Gasteiger partial charge in [0.15, 0.2) is 0 Å². The number of carboxylic acid groups (broad SMARTS) is 1. The Morgan fingerprint density at radius 2 is 1.95 bits per heavy atom. The number of hydrogen-bond donors (Lipinski definition) is 2. The fourth-order valence-corrected chi connectivity index (χ4v) is 1.81. The lowest BCUT2D eigenvalue weighted by Crippen LogP contribution is -2.28. The Hall–Kier alpha value is -2.44. The number of carbonyl (C=O) groups is 1. The Morgan fingerprint density at radius 3 is 2.48 bits per heavy atom. The topological polar surface area (TPSA) is 67.2 Å². The normalized spacial score (nSPS) is 11.4. The number of nitrogens with one attached hydrogen (secondary N) is 1. The molecule has 0 bridgehead atoms. The van der Waals surface area contributed by atoms with Gasteiger partial charge in [-0.05, 0) is 19.1 Å². The van der Waals surface area contributed by atoms with Crippen molar-refractivity contribution in [3.8, 4) is 5.69 Å². The van der Waals surface area contributed by atoms with Crippen LogP contribution in [0, 0.1) is 0 Å². The summed E-state index contributed by atoms with van der Waals surface area (Å²) < 4.78 is 27.5. The van der Waals surface area contributed by atoms with Gasteiger partial charge >= 0.3 is 6.09 Å². The lowest BCUT2D eigenvalue weighted by atomic mass is 9.90. The molecule has 0 aliphatic carbocycles. The van der Waals surface area contributed by atoms with Gasteiger partial charge in [0.25, 0.3) is 0 Å². The van der Waals surface area contributed by atoms with Crippen molar-refractivity contribution in [3.63, 3.8) is 0 Å². The quantitative estimate of drug-likeness (QED) is 0.890. The Balaban J connectivity index is 2.53. The molecular formula is C14H15F2N3O2. The predicted molar refractivity (Wildman–Crippen MR) is 74.5 cm³/mol. The zero-order valence-electron chi connectivity index (χ0n) is 11.4. The van der Waals surface area contributed by atoms with E-state index >= 15 is 0 Å². The number of amides is 1. The molecule has 2 aromatic rings. The van der Waals surface area contributed by atoms with Crippen molar-refractivity contribution in [3.05, 3.63) is 42.1 Å². The second kappa shape index (κ2) is 5.90. The van der Waals surface area contributed by atoms with Gasteiger partial charge in [0.2, 0.25) is 0 Å². The van der Waals surface area contributed by atoms with Crippen molar-refractivity contribution < 1.29 is 18.7 Å². The summed E-state index contributed by atoms with van der Waals surface area (Å²) >= 11 is 0. The number of nitrogens with zero attached hydrogens (tertiary/aromatic N) is 2. The fourth-order valence-electron chi connectivity index (χ4n) is 1.81. The summed E-state index contributed by atoms with van der Waals surface area (Å²) in [6, 6.07) is 10.1. The zero-order chi connectivity index (χ0) is 15.5. The van der Waals surface area contributed by atoms with E-state index in [1.165, 1.54) is 17.7 Å². The number of alkyl halides is 2. The second-order valence-corrected chi connectivity index (χ2v) is 4.92. The lowest BCUT2D eigenvalue weighted by molar-refractivity contribution is 0.209. The van der Waals surface area contributed by atoms with E-state index in [2.05, 4.69) is 10.4 Å². The molecule has 112 valence electrons. The van der Waals surface area contributed by atoms with E-state index < -0.39 is 24.9 Å². The van der Waals surface area contributed by atoms with E-state index in [4.69, 9.17) is 5.11 Å². The summed E-state index contributed by atoms with van der Waals surface area (Å²) in [6.07, 6.45) is -1.28. The van der Waals surface area contributed by atoms with Crippen LogP contribution in [0.2, 0.25) is 0 Å².